The van der Waals surface area contributed by atoms with Crippen molar-refractivity contribution >= 4 is 29.4 Å². The van der Waals surface area contributed by atoms with Crippen LogP contribution in [0.4, 0.5) is 10.2 Å². The summed E-state index contributed by atoms with van der Waals surface area (Å²) in [5.74, 6) is 0.267. The van der Waals surface area contributed by atoms with Crippen molar-refractivity contribution in [3.8, 4) is 22.7 Å². The molecule has 0 aliphatic carbocycles. The Kier molecular flexibility index (Phi) is 8.19. The van der Waals surface area contributed by atoms with E-state index in [1.807, 2.05) is 60.7 Å². The second-order valence-electron chi connectivity index (χ2n) is 9.89. The molecule has 8 nitrogen and oxygen atoms in total. The van der Waals surface area contributed by atoms with Crippen LogP contribution in [0.15, 0.2) is 103 Å². The van der Waals surface area contributed by atoms with E-state index in [0.717, 1.165) is 22.3 Å². The summed E-state index contributed by atoms with van der Waals surface area (Å²) >= 11 is 1.45. The molecule has 0 fully saturated rings. The molecule has 216 valence electrons. The Morgan fingerprint density at radius 1 is 1.02 bits per heavy atom. The van der Waals surface area contributed by atoms with Gasteiger partial charge in [-0.25, -0.2) is 9.07 Å². The first kappa shape index (κ1) is 28.2. The zero-order valence-electron chi connectivity index (χ0n) is 23.3. The highest BCUT2D eigenvalue weighted by Crippen LogP contribution is 2.50. The molecule has 10 heteroatoms. The predicted molar refractivity (Wildman–Crippen MR) is 165 cm³/mol. The number of thioether (sulfide) groups is 1. The van der Waals surface area contributed by atoms with Crippen molar-refractivity contribution in [3.63, 3.8) is 0 Å². The maximum absolute atomic E-state index is 14.0. The lowest BCUT2D eigenvalue weighted by atomic mass is 9.99. The lowest BCUT2D eigenvalue weighted by molar-refractivity contribution is -0.123. The summed E-state index contributed by atoms with van der Waals surface area (Å²) in [4.78, 5) is 32.8. The fourth-order valence-electron chi connectivity index (χ4n) is 5.12. The van der Waals surface area contributed by atoms with Crippen LogP contribution in [0.5, 0.6) is 5.75 Å². The largest absolute Gasteiger partial charge is 0.496 e. The Bertz CT molecular complexity index is 1750. The highest BCUT2D eigenvalue weighted by molar-refractivity contribution is 8.00. The van der Waals surface area contributed by atoms with Crippen LogP contribution in [0.1, 0.15) is 21.9 Å². The quantitative estimate of drug-likeness (QED) is 0.253. The molecule has 0 saturated carbocycles. The first-order valence-corrected chi connectivity index (χ1v) is 14.7. The number of carbonyl (C=O) groups is 2. The van der Waals surface area contributed by atoms with E-state index < -0.39 is 5.82 Å². The molecule has 0 unspecified atom stereocenters. The third-order valence-corrected chi connectivity index (χ3v) is 8.38. The average molecular weight is 594 g/mol. The lowest BCUT2D eigenvalue weighted by Gasteiger charge is -2.23. The molecule has 2 amide bonds. The van der Waals surface area contributed by atoms with Gasteiger partial charge in [-0.05, 0) is 42.0 Å². The van der Waals surface area contributed by atoms with E-state index in [-0.39, 0.29) is 35.9 Å². The number of ether oxygens (including phenoxy) is 1. The van der Waals surface area contributed by atoms with Crippen LogP contribution in [0.2, 0.25) is 0 Å². The monoisotopic (exact) mass is 593 g/mol. The van der Waals surface area contributed by atoms with Crippen molar-refractivity contribution in [2.75, 3.05) is 24.3 Å². The smallest absolute Gasteiger partial charge is 0.240 e. The summed E-state index contributed by atoms with van der Waals surface area (Å²) in [6.07, 6.45) is 3.35. The van der Waals surface area contributed by atoms with Gasteiger partial charge in [-0.1, -0.05) is 54.6 Å². The normalized spacial score (nSPS) is 14.6. The molecule has 43 heavy (non-hydrogen) atoms. The van der Waals surface area contributed by atoms with Crippen LogP contribution in [0, 0.1) is 5.82 Å². The lowest BCUT2D eigenvalue weighted by Crippen LogP contribution is -2.42. The minimum atomic E-state index is -0.393. The molecular formula is C33H28FN5O3S. The second kappa shape index (κ2) is 12.5. The number of halogens is 1. The van der Waals surface area contributed by atoms with Gasteiger partial charge in [0.05, 0.1) is 29.5 Å². The molecule has 1 N–H and O–H groups in total. The van der Waals surface area contributed by atoms with Crippen molar-refractivity contribution in [1.82, 2.24) is 20.1 Å². The number of hydrogen-bond acceptors (Lipinski definition) is 6. The SMILES string of the molecule is COc1ccccc1[C@@H]1SCC(=O)N(CC(=O)NCc2cccnc2)c2c1c(-c1ccccc1)nn2-c1ccc(F)cc1. The summed E-state index contributed by atoms with van der Waals surface area (Å²) in [6.45, 7) is 0.0407. The van der Waals surface area contributed by atoms with Gasteiger partial charge >= 0.3 is 0 Å². The second-order valence-corrected chi connectivity index (χ2v) is 11.0. The summed E-state index contributed by atoms with van der Waals surface area (Å²) in [5, 5.41) is 7.57. The number of anilines is 1. The molecule has 3 heterocycles. The van der Waals surface area contributed by atoms with E-state index in [1.54, 1.807) is 42.4 Å². The third-order valence-electron chi connectivity index (χ3n) is 7.14. The van der Waals surface area contributed by atoms with Gasteiger partial charge in [0.2, 0.25) is 11.8 Å². The molecule has 0 saturated heterocycles. The minimum Gasteiger partial charge on any atom is -0.496 e. The molecule has 5 aromatic rings. The van der Waals surface area contributed by atoms with Crippen LogP contribution >= 0.6 is 11.8 Å². The first-order chi connectivity index (χ1) is 21.0. The Labute approximate surface area is 252 Å². The zero-order chi connectivity index (χ0) is 29.8. The van der Waals surface area contributed by atoms with Crippen molar-refractivity contribution in [1.29, 1.82) is 0 Å². The topological polar surface area (TPSA) is 89.3 Å². The maximum atomic E-state index is 14.0. The van der Waals surface area contributed by atoms with Crippen molar-refractivity contribution in [3.05, 3.63) is 126 Å². The summed E-state index contributed by atoms with van der Waals surface area (Å²) in [5.41, 5.74) is 4.53. The van der Waals surface area contributed by atoms with Crippen molar-refractivity contribution in [2.24, 2.45) is 0 Å². The number of para-hydroxylation sites is 1. The first-order valence-electron chi connectivity index (χ1n) is 13.7. The molecule has 2 aromatic heterocycles. The Morgan fingerprint density at radius 3 is 2.53 bits per heavy atom. The van der Waals surface area contributed by atoms with Crippen LogP contribution in [0.25, 0.3) is 16.9 Å². The molecule has 3 aromatic carbocycles. The van der Waals surface area contributed by atoms with Gasteiger partial charge in [0, 0.05) is 35.6 Å². The Balaban J connectivity index is 1.53. The highest BCUT2D eigenvalue weighted by atomic mass is 32.2. The highest BCUT2D eigenvalue weighted by Gasteiger charge is 2.38. The molecular weight excluding hydrogens is 565 g/mol. The number of carbonyl (C=O) groups excluding carboxylic acids is 2. The number of rotatable bonds is 8. The van der Waals surface area contributed by atoms with Crippen LogP contribution in [-0.2, 0) is 16.1 Å². The number of aromatic nitrogens is 3. The van der Waals surface area contributed by atoms with Gasteiger partial charge < -0.3 is 10.1 Å². The number of fused-ring (bicyclic) bond motifs is 1. The van der Waals surface area contributed by atoms with Crippen LogP contribution in [-0.4, -0.2) is 46.0 Å². The van der Waals surface area contributed by atoms with Crippen LogP contribution in [0.3, 0.4) is 0 Å². The number of hydrogen-bond donors (Lipinski definition) is 1. The number of nitrogens with one attached hydrogen (secondary N) is 1. The Morgan fingerprint density at radius 2 is 1.79 bits per heavy atom. The van der Waals surface area contributed by atoms with Crippen molar-refractivity contribution in [2.45, 2.75) is 11.8 Å². The number of benzene rings is 3. The van der Waals surface area contributed by atoms with E-state index >= 15 is 0 Å². The van der Waals surface area contributed by atoms with Gasteiger partial charge in [0.1, 0.15) is 23.9 Å². The van der Waals surface area contributed by atoms with Gasteiger partial charge in [0.15, 0.2) is 0 Å². The van der Waals surface area contributed by atoms with E-state index in [1.165, 1.54) is 28.8 Å². The van der Waals surface area contributed by atoms with Gasteiger partial charge in [-0.15, -0.1) is 11.8 Å². The number of pyridine rings is 1. The maximum Gasteiger partial charge on any atom is 0.240 e. The fraction of sp³-hybridized carbons (Fsp3) is 0.152. The van der Waals surface area contributed by atoms with E-state index in [9.17, 15) is 14.0 Å². The summed E-state index contributed by atoms with van der Waals surface area (Å²) < 4.78 is 21.4. The molecule has 1 aliphatic rings. The number of methoxy groups -OCH3 is 1. The van der Waals surface area contributed by atoms with Gasteiger partial charge in [-0.3, -0.25) is 19.5 Å². The molecule has 6 rings (SSSR count). The van der Waals surface area contributed by atoms with Gasteiger partial charge in [0.25, 0.3) is 0 Å². The molecule has 1 aliphatic heterocycles. The Hall–Kier alpha value is -4.96. The molecule has 0 radical (unpaired) electrons. The van der Waals surface area contributed by atoms with Gasteiger partial charge in [-0.2, -0.15) is 5.10 Å². The minimum absolute atomic E-state index is 0.116. The van der Waals surface area contributed by atoms with E-state index in [0.29, 0.717) is 22.9 Å². The standard InChI is InChI=1S/C33H28FN5O3S/c1-42-27-12-6-5-11-26(27)32-30-31(23-9-3-2-4-10-23)37-39(25-15-13-24(34)14-16-25)33(30)38(29(41)21-43-32)20-28(40)36-19-22-8-7-17-35-18-22/h2-18,32H,19-21H2,1H3,(H,36,40)/t32-/m0/s1. The zero-order valence-corrected chi connectivity index (χ0v) is 24.1. The van der Waals surface area contributed by atoms with E-state index in [4.69, 9.17) is 9.84 Å². The molecule has 0 spiro atoms. The van der Waals surface area contributed by atoms with Crippen molar-refractivity contribution < 1.29 is 18.7 Å². The third kappa shape index (κ3) is 5.87. The number of amides is 2. The summed E-state index contributed by atoms with van der Waals surface area (Å²) in [7, 11) is 1.62. The molecule has 1 atom stereocenters. The van der Waals surface area contributed by atoms with E-state index in [2.05, 4.69) is 10.3 Å². The van der Waals surface area contributed by atoms with Crippen LogP contribution < -0.4 is 15.0 Å². The fourth-order valence-corrected chi connectivity index (χ4v) is 6.35. The summed E-state index contributed by atoms with van der Waals surface area (Å²) in [6, 6.07) is 27.0. The predicted octanol–water partition coefficient (Wildman–Crippen LogP) is 5.57. The average Bonchev–Trinajstić information content (AvgIpc) is 3.37. The number of nitrogens with zero attached hydrogens (tertiary/aromatic N) is 4. The molecule has 0 bridgehead atoms.